The molecule has 0 saturated heterocycles. The molecule has 2 aromatic rings. The number of nitrogens with zero attached hydrogens (tertiary/aromatic N) is 3. The van der Waals surface area contributed by atoms with Gasteiger partial charge in [0.25, 0.3) is 0 Å². The van der Waals surface area contributed by atoms with Crippen LogP contribution in [-0.2, 0) is 17.9 Å². The Morgan fingerprint density at radius 1 is 1.33 bits per heavy atom. The maximum absolute atomic E-state index is 12.6. The van der Waals surface area contributed by atoms with Crippen LogP contribution < -0.4 is 4.74 Å². The minimum atomic E-state index is 0.0781. The first kappa shape index (κ1) is 16.5. The number of ether oxygens (including phenoxy) is 1. The molecular formula is C18H23N3O3. The molecule has 1 amide bonds. The van der Waals surface area contributed by atoms with Gasteiger partial charge in [-0.1, -0.05) is 23.4 Å². The van der Waals surface area contributed by atoms with E-state index < -0.39 is 0 Å². The van der Waals surface area contributed by atoms with Crippen molar-refractivity contribution in [3.05, 3.63) is 46.8 Å². The van der Waals surface area contributed by atoms with Crippen LogP contribution in [0.1, 0.15) is 22.6 Å². The minimum Gasteiger partial charge on any atom is -0.492 e. The molecule has 0 saturated carbocycles. The number of carbonyl (C=O) groups is 1. The summed E-state index contributed by atoms with van der Waals surface area (Å²) in [7, 11) is 1.82. The Morgan fingerprint density at radius 2 is 2.12 bits per heavy atom. The van der Waals surface area contributed by atoms with E-state index in [9.17, 15) is 4.79 Å². The number of hydrogen-bond acceptors (Lipinski definition) is 5. The van der Waals surface area contributed by atoms with Crippen molar-refractivity contribution in [3.63, 3.8) is 0 Å². The van der Waals surface area contributed by atoms with E-state index in [-0.39, 0.29) is 5.91 Å². The lowest BCUT2D eigenvalue weighted by molar-refractivity contribution is -0.131. The van der Waals surface area contributed by atoms with Crippen LogP contribution in [0.25, 0.3) is 0 Å². The first-order chi connectivity index (χ1) is 11.5. The molecule has 0 bridgehead atoms. The SMILES string of the molecule is Cc1noc(C)c1CN(C)C(=O)CN1CCOc2ccccc2C1. The van der Waals surface area contributed by atoms with Gasteiger partial charge in [-0.3, -0.25) is 9.69 Å². The van der Waals surface area contributed by atoms with E-state index in [0.717, 1.165) is 41.4 Å². The number of para-hydroxylation sites is 1. The topological polar surface area (TPSA) is 58.8 Å². The fourth-order valence-electron chi connectivity index (χ4n) is 2.88. The Bertz CT molecular complexity index is 707. The summed E-state index contributed by atoms with van der Waals surface area (Å²) >= 11 is 0. The predicted octanol–water partition coefficient (Wildman–Crippen LogP) is 2.14. The second kappa shape index (κ2) is 7.05. The molecule has 2 heterocycles. The van der Waals surface area contributed by atoms with Crippen molar-refractivity contribution < 1.29 is 14.1 Å². The third kappa shape index (κ3) is 3.59. The number of aryl methyl sites for hydroxylation is 2. The molecule has 0 radical (unpaired) electrons. The molecule has 0 fully saturated rings. The van der Waals surface area contributed by atoms with Crippen LogP contribution in [0.5, 0.6) is 5.75 Å². The lowest BCUT2D eigenvalue weighted by Gasteiger charge is -2.23. The van der Waals surface area contributed by atoms with E-state index in [2.05, 4.69) is 10.1 Å². The standard InChI is InChI=1S/C18H23N3O3/c1-13-16(14(2)24-19-13)11-20(3)18(22)12-21-8-9-23-17-7-5-4-6-15(17)10-21/h4-7H,8-12H2,1-3H3. The number of rotatable bonds is 4. The third-order valence-corrected chi connectivity index (χ3v) is 4.39. The fourth-order valence-corrected chi connectivity index (χ4v) is 2.88. The first-order valence-corrected chi connectivity index (χ1v) is 8.13. The van der Waals surface area contributed by atoms with Crippen molar-refractivity contribution in [2.75, 3.05) is 26.7 Å². The highest BCUT2D eigenvalue weighted by Crippen LogP contribution is 2.22. The Labute approximate surface area is 142 Å². The Morgan fingerprint density at radius 3 is 2.88 bits per heavy atom. The van der Waals surface area contributed by atoms with E-state index in [4.69, 9.17) is 9.26 Å². The normalized spacial score (nSPS) is 14.6. The quantitative estimate of drug-likeness (QED) is 0.860. The van der Waals surface area contributed by atoms with Crippen molar-refractivity contribution >= 4 is 5.91 Å². The largest absolute Gasteiger partial charge is 0.492 e. The van der Waals surface area contributed by atoms with Crippen LogP contribution in [0, 0.1) is 13.8 Å². The van der Waals surface area contributed by atoms with Gasteiger partial charge in [-0.15, -0.1) is 0 Å². The van der Waals surface area contributed by atoms with E-state index in [0.29, 0.717) is 19.7 Å². The lowest BCUT2D eigenvalue weighted by atomic mass is 10.2. The minimum absolute atomic E-state index is 0.0781. The molecule has 1 aromatic carbocycles. The number of aromatic nitrogens is 1. The second-order valence-corrected chi connectivity index (χ2v) is 6.22. The molecule has 1 aliphatic heterocycles. The number of carbonyl (C=O) groups excluding carboxylic acids is 1. The molecule has 1 aromatic heterocycles. The number of amides is 1. The highest BCUT2D eigenvalue weighted by Gasteiger charge is 2.20. The molecule has 0 unspecified atom stereocenters. The second-order valence-electron chi connectivity index (χ2n) is 6.22. The van der Waals surface area contributed by atoms with Gasteiger partial charge >= 0.3 is 0 Å². The molecule has 3 rings (SSSR count). The molecule has 0 spiro atoms. The maximum atomic E-state index is 12.6. The molecule has 0 N–H and O–H groups in total. The van der Waals surface area contributed by atoms with Gasteiger partial charge in [0.1, 0.15) is 18.1 Å². The van der Waals surface area contributed by atoms with Gasteiger partial charge in [0, 0.05) is 31.3 Å². The highest BCUT2D eigenvalue weighted by molar-refractivity contribution is 5.78. The van der Waals surface area contributed by atoms with Crippen LogP contribution in [0.3, 0.4) is 0 Å². The Hall–Kier alpha value is -2.34. The molecule has 1 aliphatic rings. The smallest absolute Gasteiger partial charge is 0.236 e. The van der Waals surface area contributed by atoms with E-state index in [1.165, 1.54) is 0 Å². The van der Waals surface area contributed by atoms with Gasteiger partial charge in [0.05, 0.1) is 18.8 Å². The number of benzene rings is 1. The van der Waals surface area contributed by atoms with Gasteiger partial charge in [0.2, 0.25) is 5.91 Å². The average molecular weight is 329 g/mol. The molecule has 0 atom stereocenters. The Balaban J connectivity index is 1.62. The van der Waals surface area contributed by atoms with Crippen LogP contribution in [0.2, 0.25) is 0 Å². The summed E-state index contributed by atoms with van der Waals surface area (Å²) in [6, 6.07) is 7.99. The van der Waals surface area contributed by atoms with Gasteiger partial charge in [-0.05, 0) is 19.9 Å². The monoisotopic (exact) mass is 329 g/mol. The summed E-state index contributed by atoms with van der Waals surface area (Å²) in [5.41, 5.74) is 2.94. The average Bonchev–Trinajstić information content (AvgIpc) is 2.77. The molecule has 0 aliphatic carbocycles. The summed E-state index contributed by atoms with van der Waals surface area (Å²) in [4.78, 5) is 16.4. The van der Waals surface area contributed by atoms with Crippen LogP contribution in [-0.4, -0.2) is 47.6 Å². The number of hydrogen-bond donors (Lipinski definition) is 0. The molecule has 6 heteroatoms. The van der Waals surface area contributed by atoms with Crippen molar-refractivity contribution in [2.45, 2.75) is 26.9 Å². The summed E-state index contributed by atoms with van der Waals surface area (Å²) in [5, 5.41) is 3.94. The lowest BCUT2D eigenvalue weighted by Crippen LogP contribution is -2.38. The maximum Gasteiger partial charge on any atom is 0.236 e. The van der Waals surface area contributed by atoms with E-state index in [1.54, 1.807) is 4.90 Å². The fraction of sp³-hybridized carbons (Fsp3) is 0.444. The van der Waals surface area contributed by atoms with Gasteiger partial charge in [0.15, 0.2) is 0 Å². The van der Waals surface area contributed by atoms with Crippen LogP contribution in [0.4, 0.5) is 0 Å². The van der Waals surface area contributed by atoms with Crippen molar-refractivity contribution in [1.82, 2.24) is 15.0 Å². The van der Waals surface area contributed by atoms with Crippen molar-refractivity contribution in [2.24, 2.45) is 0 Å². The summed E-state index contributed by atoms with van der Waals surface area (Å²) < 4.78 is 10.9. The zero-order valence-electron chi connectivity index (χ0n) is 14.4. The number of fused-ring (bicyclic) bond motifs is 1. The van der Waals surface area contributed by atoms with Gasteiger partial charge in [-0.25, -0.2) is 0 Å². The molecular weight excluding hydrogens is 306 g/mol. The summed E-state index contributed by atoms with van der Waals surface area (Å²) in [5.74, 6) is 1.76. The molecule has 128 valence electrons. The van der Waals surface area contributed by atoms with Crippen LogP contribution >= 0.6 is 0 Å². The number of likely N-dealkylation sites (N-methyl/N-ethyl adjacent to an activating group) is 1. The van der Waals surface area contributed by atoms with Crippen LogP contribution in [0.15, 0.2) is 28.8 Å². The van der Waals surface area contributed by atoms with Gasteiger partial charge in [-0.2, -0.15) is 0 Å². The zero-order valence-corrected chi connectivity index (χ0v) is 14.4. The summed E-state index contributed by atoms with van der Waals surface area (Å²) in [6.07, 6.45) is 0. The Kier molecular flexibility index (Phi) is 4.85. The first-order valence-electron chi connectivity index (χ1n) is 8.13. The van der Waals surface area contributed by atoms with Gasteiger partial charge < -0.3 is 14.2 Å². The van der Waals surface area contributed by atoms with E-state index in [1.807, 2.05) is 45.2 Å². The molecule has 6 nitrogen and oxygen atoms in total. The molecule has 24 heavy (non-hydrogen) atoms. The highest BCUT2D eigenvalue weighted by atomic mass is 16.5. The predicted molar refractivity (Wildman–Crippen MR) is 89.7 cm³/mol. The third-order valence-electron chi connectivity index (χ3n) is 4.39. The van der Waals surface area contributed by atoms with Crippen molar-refractivity contribution in [1.29, 1.82) is 0 Å². The van der Waals surface area contributed by atoms with E-state index >= 15 is 0 Å². The zero-order chi connectivity index (χ0) is 17.1. The summed E-state index contributed by atoms with van der Waals surface area (Å²) in [6.45, 7) is 6.71. The van der Waals surface area contributed by atoms with Crippen molar-refractivity contribution in [3.8, 4) is 5.75 Å².